The molecular weight excluding hydrogens is 1020 g/mol. The minimum atomic E-state index is 0.402. The van der Waals surface area contributed by atoms with Gasteiger partial charge in [-0.2, -0.15) is 0 Å². The van der Waals surface area contributed by atoms with Gasteiger partial charge in [-0.05, 0) is 119 Å². The Morgan fingerprint density at radius 2 is 0.500 bits per heavy atom. The van der Waals surface area contributed by atoms with Crippen LogP contribution in [0.25, 0.3) is 90.9 Å². The largest absolute Gasteiger partial charge is 0.491 e. The summed E-state index contributed by atoms with van der Waals surface area (Å²) >= 11 is 0. The third-order valence-electron chi connectivity index (χ3n) is 13.0. The SMILES string of the molecule is COCCOCCOc1ccc(-c2c3nc(c(-c4ccc(OCCOCCOC)cc4)c4ccc([nH]4)c(-c4ccc(OCCOCCOC)cc4)c4ccc([nH]4)c(-c4ccc(OCCOCCOC)cc4)c4nc2C=C4)C=C3)cc1. The van der Waals surface area contributed by atoms with E-state index in [9.17, 15) is 0 Å². The predicted octanol–water partition coefficient (Wildman–Crippen LogP) is 11.5. The Hall–Kier alpha value is -7.64. The molecule has 5 heterocycles. The number of aromatic nitrogens is 4. The quantitative estimate of drug-likeness (QED) is 0.0382. The number of H-pyrrole nitrogens is 2. The molecular formula is C64H70N4O12. The van der Waals surface area contributed by atoms with Crippen LogP contribution in [0.2, 0.25) is 0 Å². The fraction of sp³-hybridized carbons (Fsp3) is 0.312. The molecule has 16 nitrogen and oxygen atoms in total. The molecule has 3 aromatic heterocycles. The molecule has 2 aliphatic heterocycles. The number of hydrogen-bond donors (Lipinski definition) is 2. The zero-order valence-corrected chi connectivity index (χ0v) is 46.0. The highest BCUT2D eigenvalue weighted by Gasteiger charge is 2.20. The van der Waals surface area contributed by atoms with Gasteiger partial charge in [-0.25, -0.2) is 9.97 Å². The van der Waals surface area contributed by atoms with Crippen molar-refractivity contribution in [3.05, 3.63) is 144 Å². The summed E-state index contributed by atoms with van der Waals surface area (Å²) in [5.41, 5.74) is 13.9. The molecule has 0 radical (unpaired) electrons. The lowest BCUT2D eigenvalue weighted by molar-refractivity contribution is 0.0544. The van der Waals surface area contributed by atoms with Gasteiger partial charge in [0.25, 0.3) is 0 Å². The summed E-state index contributed by atoms with van der Waals surface area (Å²) in [6, 6.07) is 40.9. The molecule has 16 heteroatoms. The molecule has 0 atom stereocenters. The van der Waals surface area contributed by atoms with Crippen LogP contribution in [0.15, 0.2) is 121 Å². The van der Waals surface area contributed by atoms with E-state index in [1.54, 1.807) is 28.4 Å². The summed E-state index contributed by atoms with van der Waals surface area (Å²) in [5.74, 6) is 2.91. The summed E-state index contributed by atoms with van der Waals surface area (Å²) in [4.78, 5) is 18.7. The third-order valence-corrected chi connectivity index (χ3v) is 13.0. The number of benzene rings is 4. The number of nitrogens with zero attached hydrogens (tertiary/aromatic N) is 2. The maximum Gasteiger partial charge on any atom is 0.119 e. The van der Waals surface area contributed by atoms with Gasteiger partial charge in [0.05, 0.1) is 102 Å². The Labute approximate surface area is 467 Å². The van der Waals surface area contributed by atoms with E-state index in [4.69, 9.17) is 66.8 Å². The van der Waals surface area contributed by atoms with E-state index in [1.165, 1.54) is 0 Å². The van der Waals surface area contributed by atoms with Crippen LogP contribution in [0.4, 0.5) is 0 Å². The number of hydrogen-bond acceptors (Lipinski definition) is 14. The highest BCUT2D eigenvalue weighted by Crippen LogP contribution is 2.39. The number of methoxy groups -OCH3 is 4. The van der Waals surface area contributed by atoms with E-state index in [-0.39, 0.29) is 0 Å². The summed E-state index contributed by atoms with van der Waals surface area (Å²) < 4.78 is 67.4. The normalized spacial score (nSPS) is 11.8. The predicted molar refractivity (Wildman–Crippen MR) is 313 cm³/mol. The summed E-state index contributed by atoms with van der Waals surface area (Å²) in [7, 11) is 6.62. The third kappa shape index (κ3) is 15.4. The molecule has 9 rings (SSSR count). The van der Waals surface area contributed by atoms with Crippen LogP contribution < -0.4 is 18.9 Å². The van der Waals surface area contributed by atoms with Gasteiger partial charge in [-0.3, -0.25) is 0 Å². The fourth-order valence-electron chi connectivity index (χ4n) is 9.14. The Balaban J connectivity index is 1.20. The summed E-state index contributed by atoms with van der Waals surface area (Å²) in [6.45, 7) is 7.55. The van der Waals surface area contributed by atoms with Gasteiger partial charge in [-0.1, -0.05) is 48.5 Å². The monoisotopic (exact) mass is 1090 g/mol. The van der Waals surface area contributed by atoms with Crippen LogP contribution in [0.1, 0.15) is 22.8 Å². The maximum atomic E-state index is 6.10. The Bertz CT molecular complexity index is 3120. The van der Waals surface area contributed by atoms with Crippen LogP contribution in [0, 0.1) is 0 Å². The molecule has 2 aliphatic rings. The van der Waals surface area contributed by atoms with Crippen molar-refractivity contribution in [2.24, 2.45) is 0 Å². The molecule has 0 aliphatic carbocycles. The van der Waals surface area contributed by atoms with E-state index in [1.807, 2.05) is 48.5 Å². The van der Waals surface area contributed by atoms with Gasteiger partial charge in [0.1, 0.15) is 49.4 Å². The van der Waals surface area contributed by atoms with Gasteiger partial charge in [0, 0.05) is 72.8 Å². The van der Waals surface area contributed by atoms with Crippen LogP contribution in [0.3, 0.4) is 0 Å². The van der Waals surface area contributed by atoms with Crippen molar-refractivity contribution in [1.82, 2.24) is 19.9 Å². The first kappa shape index (κ1) is 57.1. The Morgan fingerprint density at radius 1 is 0.263 bits per heavy atom. The highest BCUT2D eigenvalue weighted by molar-refractivity contribution is 6.00. The van der Waals surface area contributed by atoms with Crippen LogP contribution in [-0.2, 0) is 37.9 Å². The molecule has 80 heavy (non-hydrogen) atoms. The summed E-state index contributed by atoms with van der Waals surface area (Å²) in [6.07, 6.45) is 8.29. The lowest BCUT2D eigenvalue weighted by Crippen LogP contribution is -2.09. The van der Waals surface area contributed by atoms with Gasteiger partial charge in [0.2, 0.25) is 0 Å². The molecule has 0 unspecified atom stereocenters. The first-order chi connectivity index (χ1) is 39.5. The van der Waals surface area contributed by atoms with Crippen LogP contribution in [0.5, 0.6) is 23.0 Å². The minimum absolute atomic E-state index is 0.402. The van der Waals surface area contributed by atoms with E-state index in [0.29, 0.717) is 106 Å². The van der Waals surface area contributed by atoms with Crippen LogP contribution in [-0.4, -0.2) is 154 Å². The van der Waals surface area contributed by atoms with Crippen molar-refractivity contribution in [3.63, 3.8) is 0 Å². The molecule has 7 aromatic rings. The smallest absolute Gasteiger partial charge is 0.119 e. The number of fused-ring (bicyclic) bond motifs is 8. The highest BCUT2D eigenvalue weighted by atomic mass is 16.6. The average molecular weight is 1090 g/mol. The fourth-order valence-corrected chi connectivity index (χ4v) is 9.14. The van der Waals surface area contributed by atoms with Gasteiger partial charge >= 0.3 is 0 Å². The topological polar surface area (TPSA) is 168 Å². The molecule has 4 aromatic carbocycles. The van der Waals surface area contributed by atoms with Crippen molar-refractivity contribution < 1.29 is 56.8 Å². The molecule has 0 saturated carbocycles. The van der Waals surface area contributed by atoms with Gasteiger partial charge < -0.3 is 66.8 Å². The second kappa shape index (κ2) is 30.1. The summed E-state index contributed by atoms with van der Waals surface area (Å²) in [5, 5.41) is 0. The van der Waals surface area contributed by atoms with E-state index in [2.05, 4.69) is 107 Å². The number of nitrogens with one attached hydrogen (secondary N) is 2. The first-order valence-corrected chi connectivity index (χ1v) is 26.9. The van der Waals surface area contributed by atoms with Crippen molar-refractivity contribution in [2.45, 2.75) is 0 Å². The molecule has 418 valence electrons. The minimum Gasteiger partial charge on any atom is -0.491 e. The van der Waals surface area contributed by atoms with Gasteiger partial charge in [-0.15, -0.1) is 0 Å². The first-order valence-electron chi connectivity index (χ1n) is 26.9. The second-order valence-electron chi connectivity index (χ2n) is 18.4. The van der Waals surface area contributed by atoms with Crippen LogP contribution >= 0.6 is 0 Å². The standard InChI is InChI=1S/C64H70N4O12/c1-69-29-33-73-37-41-77-49-13-5-45(6-14-49)61-53-21-23-55(65-53)62(46-7-15-50(16-8-46)78-42-38-74-34-30-70-2)57-25-27-59(67-57)64(48-11-19-52(20-12-48)80-44-40-76-36-32-72-4)60-28-26-58(68-60)63(56-24-22-54(61)66-56)47-9-17-51(18-10-47)79-43-39-75-35-31-71-3/h5-28,65-66H,29-44H2,1-4H3. The van der Waals surface area contributed by atoms with Gasteiger partial charge in [0.15, 0.2) is 0 Å². The molecule has 0 amide bonds. The molecule has 0 saturated heterocycles. The molecule has 0 spiro atoms. The van der Waals surface area contributed by atoms with Crippen molar-refractivity contribution in [2.75, 3.05) is 134 Å². The zero-order chi connectivity index (χ0) is 55.1. The van der Waals surface area contributed by atoms with Crippen molar-refractivity contribution in [3.8, 4) is 67.5 Å². The molecule has 8 bridgehead atoms. The molecule has 0 fully saturated rings. The maximum absolute atomic E-state index is 6.10. The number of rotatable bonds is 32. The second-order valence-corrected chi connectivity index (χ2v) is 18.4. The Kier molecular flexibility index (Phi) is 21.5. The van der Waals surface area contributed by atoms with E-state index >= 15 is 0 Å². The van der Waals surface area contributed by atoms with Crippen molar-refractivity contribution in [1.29, 1.82) is 0 Å². The Morgan fingerprint density at radius 3 is 0.787 bits per heavy atom. The zero-order valence-electron chi connectivity index (χ0n) is 46.0. The molecule has 2 N–H and O–H groups in total. The average Bonchev–Trinajstić information content (AvgIpc) is 4.35. The lowest BCUT2D eigenvalue weighted by Gasteiger charge is -2.10. The van der Waals surface area contributed by atoms with E-state index in [0.717, 1.165) is 112 Å². The number of ether oxygens (including phenoxy) is 12. The number of aromatic amines is 2. The van der Waals surface area contributed by atoms with Crippen molar-refractivity contribution >= 4 is 46.4 Å². The van der Waals surface area contributed by atoms with E-state index < -0.39 is 0 Å². The lowest BCUT2D eigenvalue weighted by atomic mass is 10.0.